The first-order valence-corrected chi connectivity index (χ1v) is 5.48. The number of nitro groups is 1. The van der Waals surface area contributed by atoms with Crippen molar-refractivity contribution in [3.05, 3.63) is 57.2 Å². The second-order valence-electron chi connectivity index (χ2n) is 3.62. The van der Waals surface area contributed by atoms with Gasteiger partial charge in [0.1, 0.15) is 11.9 Å². The summed E-state index contributed by atoms with van der Waals surface area (Å²) in [4.78, 5) is 13.8. The number of rotatable bonds is 3. The van der Waals surface area contributed by atoms with Crippen LogP contribution in [0.2, 0.25) is 5.02 Å². The van der Waals surface area contributed by atoms with Crippen molar-refractivity contribution in [3.63, 3.8) is 0 Å². The summed E-state index contributed by atoms with van der Waals surface area (Å²) in [5, 5.41) is 11.1. The molecular weight excluding hydrogens is 256 g/mol. The number of nitrogens with zero attached hydrogens (tertiary/aromatic N) is 2. The van der Waals surface area contributed by atoms with E-state index in [1.165, 1.54) is 12.1 Å². The number of benzene rings is 1. The van der Waals surface area contributed by atoms with Gasteiger partial charge in [0.25, 0.3) is 5.69 Å². The largest absolute Gasteiger partial charge is 0.439 e. The van der Waals surface area contributed by atoms with Crippen LogP contribution in [0, 0.1) is 17.0 Å². The summed E-state index contributed by atoms with van der Waals surface area (Å²) < 4.78 is 5.43. The molecule has 0 aliphatic heterocycles. The van der Waals surface area contributed by atoms with Gasteiger partial charge in [-0.2, -0.15) is 0 Å². The van der Waals surface area contributed by atoms with Crippen LogP contribution in [-0.4, -0.2) is 9.91 Å². The molecule has 0 radical (unpaired) electrons. The van der Waals surface area contributed by atoms with Gasteiger partial charge in [-0.05, 0) is 24.6 Å². The molecule has 0 bridgehead atoms. The van der Waals surface area contributed by atoms with E-state index in [2.05, 4.69) is 4.98 Å². The number of aryl methyl sites for hydroxylation is 1. The highest BCUT2D eigenvalue weighted by atomic mass is 35.5. The van der Waals surface area contributed by atoms with E-state index in [0.717, 1.165) is 11.8 Å². The highest BCUT2D eigenvalue weighted by Crippen LogP contribution is 2.25. The molecule has 0 atom stereocenters. The molecule has 1 heterocycles. The molecule has 0 aliphatic carbocycles. The predicted molar refractivity (Wildman–Crippen MR) is 67.2 cm³/mol. The fraction of sp³-hybridized carbons (Fsp3) is 0.0833. The molecule has 0 N–H and O–H groups in total. The maximum absolute atomic E-state index is 10.5. The van der Waals surface area contributed by atoms with Crippen molar-refractivity contribution in [2.75, 3.05) is 0 Å². The van der Waals surface area contributed by atoms with Gasteiger partial charge in [-0.3, -0.25) is 10.1 Å². The number of ether oxygens (including phenoxy) is 1. The van der Waals surface area contributed by atoms with Crippen LogP contribution in [0.15, 0.2) is 36.5 Å². The summed E-state index contributed by atoms with van der Waals surface area (Å²) in [5.74, 6) is 0.812. The zero-order valence-corrected chi connectivity index (χ0v) is 10.2. The lowest BCUT2D eigenvalue weighted by atomic mass is 10.2. The SMILES string of the molecule is Cc1ccc(Oc2ccc([N+](=O)[O-])cn2)cc1Cl. The summed E-state index contributed by atoms with van der Waals surface area (Å²) in [6.07, 6.45) is 1.14. The summed E-state index contributed by atoms with van der Waals surface area (Å²) in [7, 11) is 0. The zero-order valence-electron chi connectivity index (χ0n) is 9.46. The molecule has 6 heteroatoms. The fourth-order valence-electron chi connectivity index (χ4n) is 1.30. The molecule has 0 saturated carbocycles. The van der Waals surface area contributed by atoms with Gasteiger partial charge in [-0.15, -0.1) is 0 Å². The number of aromatic nitrogens is 1. The highest BCUT2D eigenvalue weighted by molar-refractivity contribution is 6.31. The molecule has 5 nitrogen and oxygen atoms in total. The number of hydrogen-bond acceptors (Lipinski definition) is 4. The fourth-order valence-corrected chi connectivity index (χ4v) is 1.47. The molecule has 0 aliphatic rings. The van der Waals surface area contributed by atoms with Crippen molar-refractivity contribution in [3.8, 4) is 11.6 Å². The van der Waals surface area contributed by atoms with Crippen LogP contribution in [0.1, 0.15) is 5.56 Å². The van der Waals surface area contributed by atoms with Gasteiger partial charge < -0.3 is 4.74 Å². The highest BCUT2D eigenvalue weighted by Gasteiger charge is 2.07. The van der Waals surface area contributed by atoms with E-state index < -0.39 is 4.92 Å². The Morgan fingerprint density at radius 1 is 1.33 bits per heavy atom. The Morgan fingerprint density at radius 3 is 2.67 bits per heavy atom. The molecular formula is C12H9ClN2O3. The number of pyridine rings is 1. The van der Waals surface area contributed by atoms with Crippen LogP contribution in [0.25, 0.3) is 0 Å². The Kier molecular flexibility index (Phi) is 3.43. The molecule has 0 saturated heterocycles. The summed E-state index contributed by atoms with van der Waals surface area (Å²) in [6, 6.07) is 8.01. The van der Waals surface area contributed by atoms with Gasteiger partial charge in [0.2, 0.25) is 5.88 Å². The molecule has 1 aromatic carbocycles. The molecule has 18 heavy (non-hydrogen) atoms. The maximum atomic E-state index is 10.5. The Labute approximate surface area is 108 Å². The van der Waals surface area contributed by atoms with Crippen molar-refractivity contribution >= 4 is 17.3 Å². The average Bonchev–Trinajstić information content (AvgIpc) is 2.34. The van der Waals surface area contributed by atoms with Crippen molar-refractivity contribution in [1.29, 1.82) is 0 Å². The minimum Gasteiger partial charge on any atom is -0.439 e. The van der Waals surface area contributed by atoms with Crippen molar-refractivity contribution in [2.45, 2.75) is 6.92 Å². The molecule has 0 unspecified atom stereocenters. The van der Waals surface area contributed by atoms with E-state index >= 15 is 0 Å². The molecule has 0 fully saturated rings. The lowest BCUT2D eigenvalue weighted by molar-refractivity contribution is -0.385. The maximum Gasteiger partial charge on any atom is 0.287 e. The molecule has 2 aromatic rings. The predicted octanol–water partition coefficient (Wildman–Crippen LogP) is 3.74. The summed E-state index contributed by atoms with van der Waals surface area (Å²) in [5.41, 5.74) is 0.866. The van der Waals surface area contributed by atoms with Crippen molar-refractivity contribution < 1.29 is 9.66 Å². The zero-order chi connectivity index (χ0) is 13.1. The first kappa shape index (κ1) is 12.3. The van der Waals surface area contributed by atoms with Crippen LogP contribution in [0.4, 0.5) is 5.69 Å². The molecule has 92 valence electrons. The number of halogens is 1. The van der Waals surface area contributed by atoms with E-state index in [4.69, 9.17) is 16.3 Å². The second kappa shape index (κ2) is 5.01. The Hall–Kier alpha value is -2.14. The Morgan fingerprint density at radius 2 is 2.11 bits per heavy atom. The lowest BCUT2D eigenvalue weighted by Gasteiger charge is -2.05. The van der Waals surface area contributed by atoms with Gasteiger partial charge in [-0.25, -0.2) is 4.98 Å². The quantitative estimate of drug-likeness (QED) is 0.626. The smallest absolute Gasteiger partial charge is 0.287 e. The van der Waals surface area contributed by atoms with Crippen LogP contribution in [0.5, 0.6) is 11.6 Å². The van der Waals surface area contributed by atoms with Gasteiger partial charge in [0.05, 0.1) is 4.92 Å². The standard InChI is InChI=1S/C12H9ClN2O3/c1-8-2-4-10(6-11(8)13)18-12-5-3-9(7-14-12)15(16)17/h2-7H,1H3. The average molecular weight is 265 g/mol. The first-order chi connectivity index (χ1) is 8.56. The molecule has 0 spiro atoms. The van der Waals surface area contributed by atoms with Crippen LogP contribution >= 0.6 is 11.6 Å². The van der Waals surface area contributed by atoms with Gasteiger partial charge in [-0.1, -0.05) is 17.7 Å². The van der Waals surface area contributed by atoms with Gasteiger partial charge in [0, 0.05) is 17.2 Å². The van der Waals surface area contributed by atoms with Crippen molar-refractivity contribution in [1.82, 2.24) is 4.98 Å². The normalized spacial score (nSPS) is 10.1. The topological polar surface area (TPSA) is 65.3 Å². The lowest BCUT2D eigenvalue weighted by Crippen LogP contribution is -1.91. The van der Waals surface area contributed by atoms with E-state index in [1.54, 1.807) is 12.1 Å². The Balaban J connectivity index is 2.18. The monoisotopic (exact) mass is 264 g/mol. The molecule has 0 amide bonds. The van der Waals surface area contributed by atoms with Crippen LogP contribution < -0.4 is 4.74 Å². The first-order valence-electron chi connectivity index (χ1n) is 5.11. The summed E-state index contributed by atoms with van der Waals surface area (Å²) >= 11 is 5.96. The third kappa shape index (κ3) is 2.75. The van der Waals surface area contributed by atoms with Gasteiger partial charge in [0.15, 0.2) is 0 Å². The number of hydrogen-bond donors (Lipinski definition) is 0. The molecule has 2 rings (SSSR count). The van der Waals surface area contributed by atoms with E-state index in [1.807, 2.05) is 13.0 Å². The van der Waals surface area contributed by atoms with Crippen LogP contribution in [0.3, 0.4) is 0 Å². The minimum absolute atomic E-state index is 0.0794. The third-order valence-corrected chi connectivity index (χ3v) is 2.70. The Bertz CT molecular complexity index is 584. The van der Waals surface area contributed by atoms with E-state index in [-0.39, 0.29) is 11.6 Å². The molecule has 1 aromatic heterocycles. The second-order valence-corrected chi connectivity index (χ2v) is 4.03. The van der Waals surface area contributed by atoms with Crippen molar-refractivity contribution in [2.24, 2.45) is 0 Å². The van der Waals surface area contributed by atoms with E-state index in [9.17, 15) is 10.1 Å². The van der Waals surface area contributed by atoms with Gasteiger partial charge >= 0.3 is 0 Å². The van der Waals surface area contributed by atoms with E-state index in [0.29, 0.717) is 10.8 Å². The van der Waals surface area contributed by atoms with Crippen LogP contribution in [-0.2, 0) is 0 Å². The summed E-state index contributed by atoms with van der Waals surface area (Å²) in [6.45, 7) is 1.89. The third-order valence-electron chi connectivity index (χ3n) is 2.30. The minimum atomic E-state index is -0.514.